The third-order valence-corrected chi connectivity index (χ3v) is 9.63. The molecule has 0 radical (unpaired) electrons. The van der Waals surface area contributed by atoms with Crippen molar-refractivity contribution in [3.63, 3.8) is 0 Å². The Balaban J connectivity index is 1.34. The van der Waals surface area contributed by atoms with Gasteiger partial charge in [0.15, 0.2) is 0 Å². The third kappa shape index (κ3) is 7.83. The number of rotatable bonds is 16. The minimum absolute atomic E-state index is 0.252. The summed E-state index contributed by atoms with van der Waals surface area (Å²) in [7, 11) is 1.81. The number of thioether (sulfide) groups is 1. The Morgan fingerprint density at radius 2 is 1.73 bits per heavy atom. The maximum absolute atomic E-state index is 13.6. The molecule has 0 spiro atoms. The molecule has 1 aliphatic rings. The van der Waals surface area contributed by atoms with E-state index >= 15 is 0 Å². The third-order valence-electron chi connectivity index (χ3n) is 8.88. The first-order chi connectivity index (χ1) is 25.2. The van der Waals surface area contributed by atoms with E-state index < -0.39 is 5.91 Å². The Labute approximate surface area is 305 Å². The number of hydrogen-bond donors (Lipinski definition) is 3. The van der Waals surface area contributed by atoms with Crippen molar-refractivity contribution in [2.24, 2.45) is 5.73 Å². The van der Waals surface area contributed by atoms with Gasteiger partial charge in [-0.2, -0.15) is 5.10 Å². The maximum atomic E-state index is 13.6. The molecule has 5 aromatic rings. The molecule has 1 aliphatic heterocycles. The lowest BCUT2D eigenvalue weighted by molar-refractivity contribution is 0.0358. The van der Waals surface area contributed by atoms with E-state index in [4.69, 9.17) is 25.2 Å². The smallest absolute Gasteiger partial charge is 0.276 e. The number of fused-ring (bicyclic) bond motifs is 2. The number of carbonyl (C=O) groups excluding carboxylic acids is 3. The summed E-state index contributed by atoms with van der Waals surface area (Å²) in [5.41, 5.74) is 10.4. The SMILES string of the molecule is CCn1nc(C)cc1C(=O)Nc1nc2cc(C(N)=O)cc(OCCCN3CCOCC3)c2n1C/C=C/Cn1c(NC)nc2cc(C=O)cc(SC)c21. The number of carbonyl (C=O) groups is 3. The Morgan fingerprint density at radius 3 is 2.40 bits per heavy atom. The van der Waals surface area contributed by atoms with Crippen LogP contribution < -0.4 is 21.1 Å². The van der Waals surface area contributed by atoms with Crippen LogP contribution >= 0.6 is 11.8 Å². The van der Waals surface area contributed by atoms with Crippen molar-refractivity contribution in [1.82, 2.24) is 33.8 Å². The average molecular weight is 729 g/mol. The molecule has 52 heavy (non-hydrogen) atoms. The van der Waals surface area contributed by atoms with Crippen LogP contribution in [0.5, 0.6) is 5.75 Å². The maximum Gasteiger partial charge on any atom is 0.276 e. The van der Waals surface area contributed by atoms with Crippen LogP contribution in [0.15, 0.2) is 47.4 Å². The van der Waals surface area contributed by atoms with Crippen molar-refractivity contribution in [2.75, 3.05) is 63.4 Å². The molecule has 2 aromatic carbocycles. The van der Waals surface area contributed by atoms with Crippen molar-refractivity contribution in [2.45, 2.75) is 44.8 Å². The topological polar surface area (TPSA) is 176 Å². The Hall–Kier alpha value is -5.19. The van der Waals surface area contributed by atoms with Crippen molar-refractivity contribution in [1.29, 1.82) is 0 Å². The highest BCUT2D eigenvalue weighted by molar-refractivity contribution is 7.98. The molecule has 1 saturated heterocycles. The van der Waals surface area contributed by atoms with E-state index in [-0.39, 0.29) is 17.4 Å². The summed E-state index contributed by atoms with van der Waals surface area (Å²) in [6.07, 6.45) is 7.54. The Bertz CT molecular complexity index is 2130. The molecule has 0 aliphatic carbocycles. The van der Waals surface area contributed by atoms with E-state index in [9.17, 15) is 14.4 Å². The highest BCUT2D eigenvalue weighted by Crippen LogP contribution is 2.33. The first-order valence-electron chi connectivity index (χ1n) is 17.2. The summed E-state index contributed by atoms with van der Waals surface area (Å²) < 4.78 is 17.4. The normalized spacial score (nSPS) is 13.7. The minimum Gasteiger partial charge on any atom is -0.491 e. The van der Waals surface area contributed by atoms with Crippen LogP contribution in [0.3, 0.4) is 0 Å². The summed E-state index contributed by atoms with van der Waals surface area (Å²) in [6.45, 7) is 9.50. The average Bonchev–Trinajstić information content (AvgIpc) is 3.83. The number of nitrogens with zero attached hydrogens (tertiary/aromatic N) is 7. The molecule has 0 bridgehead atoms. The monoisotopic (exact) mass is 728 g/mol. The fourth-order valence-electron chi connectivity index (χ4n) is 6.39. The summed E-state index contributed by atoms with van der Waals surface area (Å²) in [6, 6.07) is 8.63. The first kappa shape index (κ1) is 36.6. The van der Waals surface area contributed by atoms with Gasteiger partial charge in [-0.15, -0.1) is 11.8 Å². The lowest BCUT2D eigenvalue weighted by atomic mass is 10.1. The summed E-state index contributed by atoms with van der Waals surface area (Å²) >= 11 is 1.55. The second-order valence-electron chi connectivity index (χ2n) is 12.3. The van der Waals surface area contributed by atoms with Crippen molar-refractivity contribution in [3.8, 4) is 5.75 Å². The lowest BCUT2D eigenvalue weighted by Crippen LogP contribution is -2.37. The van der Waals surface area contributed by atoms with Gasteiger partial charge in [0, 0.05) is 62.3 Å². The molecule has 3 aromatic heterocycles. The molecule has 15 nitrogen and oxygen atoms in total. The number of hydrogen-bond acceptors (Lipinski definition) is 11. The quantitative estimate of drug-likeness (QED) is 0.0575. The van der Waals surface area contributed by atoms with E-state index in [0.717, 1.165) is 67.2 Å². The van der Waals surface area contributed by atoms with Crippen LogP contribution in [0.2, 0.25) is 0 Å². The van der Waals surface area contributed by atoms with Crippen molar-refractivity contribution >= 4 is 63.8 Å². The van der Waals surface area contributed by atoms with Gasteiger partial charge in [-0.1, -0.05) is 12.2 Å². The van der Waals surface area contributed by atoms with Gasteiger partial charge in [0.05, 0.1) is 42.1 Å². The summed E-state index contributed by atoms with van der Waals surface area (Å²) in [4.78, 5) is 50.4. The number of amides is 2. The predicted octanol–water partition coefficient (Wildman–Crippen LogP) is 4.20. The van der Waals surface area contributed by atoms with Crippen LogP contribution in [0.25, 0.3) is 22.1 Å². The molecule has 0 saturated carbocycles. The van der Waals surface area contributed by atoms with Gasteiger partial charge < -0.3 is 29.7 Å². The predicted molar refractivity (Wildman–Crippen MR) is 202 cm³/mol. The van der Waals surface area contributed by atoms with E-state index in [2.05, 4.69) is 25.2 Å². The standard InChI is InChI=1S/C36H44N10O5S/c1-5-46-28(17-23(2)42-46)34(49)41-36-40-27-20-25(33(37)48)21-29(51-14-8-9-43-12-15-50-16-13-43)31(27)44(36)10-6-7-11-45-32-26(39-35(45)38-3)18-24(22-47)19-30(32)52-4/h6-7,17-22H,5,8-16H2,1-4H3,(H2,37,48)(H,38,39)(H,40,41,49)/b7-6+. The van der Waals surface area contributed by atoms with Crippen LogP contribution in [0, 0.1) is 6.92 Å². The van der Waals surface area contributed by atoms with Gasteiger partial charge in [0.25, 0.3) is 5.91 Å². The molecule has 4 heterocycles. The van der Waals surface area contributed by atoms with Gasteiger partial charge in [-0.3, -0.25) is 29.3 Å². The molecule has 4 N–H and O–H groups in total. The zero-order chi connectivity index (χ0) is 36.8. The first-order valence-corrected chi connectivity index (χ1v) is 18.5. The number of morpholine rings is 1. The number of primary amides is 1. The Morgan fingerprint density at radius 1 is 1.02 bits per heavy atom. The number of aryl methyl sites for hydroxylation is 2. The van der Waals surface area contributed by atoms with Crippen LogP contribution in [0.1, 0.15) is 50.2 Å². The summed E-state index contributed by atoms with van der Waals surface area (Å²) in [5, 5.41) is 10.6. The van der Waals surface area contributed by atoms with Crippen LogP contribution in [-0.4, -0.2) is 105 Å². The second-order valence-corrected chi connectivity index (χ2v) is 13.2. The van der Waals surface area contributed by atoms with Crippen molar-refractivity contribution < 1.29 is 23.9 Å². The number of aldehydes is 1. The molecular weight excluding hydrogens is 685 g/mol. The lowest BCUT2D eigenvalue weighted by Gasteiger charge is -2.26. The van der Waals surface area contributed by atoms with E-state index in [1.165, 1.54) is 0 Å². The van der Waals surface area contributed by atoms with Crippen LogP contribution in [-0.2, 0) is 24.4 Å². The van der Waals surface area contributed by atoms with E-state index in [0.29, 0.717) is 60.2 Å². The number of imidazole rings is 2. The highest BCUT2D eigenvalue weighted by Gasteiger charge is 2.22. The molecular formula is C36H44N10O5S. The van der Waals surface area contributed by atoms with E-state index in [1.807, 2.05) is 49.9 Å². The number of aromatic nitrogens is 6. The van der Waals surface area contributed by atoms with E-state index in [1.54, 1.807) is 40.7 Å². The molecule has 1 fully saturated rings. The fourth-order valence-corrected chi connectivity index (χ4v) is 7.05. The minimum atomic E-state index is -0.611. The summed E-state index contributed by atoms with van der Waals surface area (Å²) in [5.74, 6) is 0.404. The number of ether oxygens (including phenoxy) is 2. The fraction of sp³-hybridized carbons (Fsp3) is 0.389. The molecule has 2 amide bonds. The number of allylic oxidation sites excluding steroid dienone is 2. The number of nitrogens with two attached hydrogens (primary N) is 1. The van der Waals surface area contributed by atoms with Gasteiger partial charge >= 0.3 is 0 Å². The zero-order valence-electron chi connectivity index (χ0n) is 29.8. The molecule has 274 valence electrons. The molecule has 0 atom stereocenters. The Kier molecular flexibility index (Phi) is 11.6. The van der Waals surface area contributed by atoms with Gasteiger partial charge in [-0.05, 0) is 56.9 Å². The largest absolute Gasteiger partial charge is 0.491 e. The second kappa shape index (κ2) is 16.4. The van der Waals surface area contributed by atoms with Gasteiger partial charge in [-0.25, -0.2) is 9.97 Å². The number of benzene rings is 2. The number of anilines is 2. The molecule has 6 rings (SSSR count). The number of nitrogens with one attached hydrogen (secondary N) is 2. The van der Waals surface area contributed by atoms with Gasteiger partial charge in [0.1, 0.15) is 23.2 Å². The molecule has 0 unspecified atom stereocenters. The van der Waals surface area contributed by atoms with Crippen LogP contribution in [0.4, 0.5) is 11.9 Å². The zero-order valence-corrected chi connectivity index (χ0v) is 30.7. The molecule has 16 heteroatoms. The van der Waals surface area contributed by atoms with Gasteiger partial charge in [0.2, 0.25) is 17.8 Å². The van der Waals surface area contributed by atoms with Crippen molar-refractivity contribution in [3.05, 3.63) is 65.0 Å². The highest BCUT2D eigenvalue weighted by atomic mass is 32.2.